The third-order valence-corrected chi connectivity index (χ3v) is 3.03. The molecule has 1 saturated carbocycles. The molecule has 0 saturated heterocycles. The van der Waals surface area contributed by atoms with Gasteiger partial charge in [0.05, 0.1) is 0 Å². The van der Waals surface area contributed by atoms with Crippen LogP contribution >= 0.6 is 0 Å². The predicted molar refractivity (Wildman–Crippen MR) is 62.1 cm³/mol. The number of benzene rings is 1. The fourth-order valence-corrected chi connectivity index (χ4v) is 2.27. The van der Waals surface area contributed by atoms with E-state index in [2.05, 4.69) is 12.2 Å². The molecule has 0 aliphatic heterocycles. The zero-order valence-electron chi connectivity index (χ0n) is 9.58. The first-order valence-corrected chi connectivity index (χ1v) is 5.96. The lowest BCUT2D eigenvalue weighted by molar-refractivity contribution is 0.168. The molecule has 0 amide bonds. The van der Waals surface area contributed by atoms with Gasteiger partial charge in [0.15, 0.2) is 11.6 Å². The van der Waals surface area contributed by atoms with Crippen LogP contribution in [0.3, 0.4) is 0 Å². The van der Waals surface area contributed by atoms with Crippen molar-refractivity contribution in [1.82, 2.24) is 5.32 Å². The molecule has 3 heteroatoms. The molecule has 1 aromatic rings. The minimum atomic E-state index is -0.273. The molecule has 2 nitrogen and oxygen atoms in total. The number of hydrogen-bond donors (Lipinski definition) is 1. The van der Waals surface area contributed by atoms with E-state index in [-0.39, 0.29) is 11.9 Å². The van der Waals surface area contributed by atoms with E-state index >= 15 is 0 Å². The number of halogens is 1. The molecule has 2 atom stereocenters. The van der Waals surface area contributed by atoms with Crippen LogP contribution in [0, 0.1) is 5.82 Å². The summed E-state index contributed by atoms with van der Waals surface area (Å²) in [6, 6.07) is 6.97. The molecule has 1 fully saturated rings. The fourth-order valence-electron chi connectivity index (χ4n) is 2.27. The Bertz CT molecular complexity index is 342. The second kappa shape index (κ2) is 5.30. The number of para-hydroxylation sites is 1. The number of nitrogens with one attached hydrogen (secondary N) is 1. The zero-order valence-corrected chi connectivity index (χ0v) is 9.58. The Labute approximate surface area is 95.8 Å². The summed E-state index contributed by atoms with van der Waals surface area (Å²) in [6.45, 7) is 3.01. The summed E-state index contributed by atoms with van der Waals surface area (Å²) in [7, 11) is 0. The van der Waals surface area contributed by atoms with E-state index in [9.17, 15) is 4.39 Å². The summed E-state index contributed by atoms with van der Waals surface area (Å²) in [6.07, 6.45) is 3.38. The highest BCUT2D eigenvalue weighted by molar-refractivity contribution is 5.24. The number of ether oxygens (including phenoxy) is 1. The van der Waals surface area contributed by atoms with Crippen LogP contribution in [0.25, 0.3) is 0 Å². The maximum Gasteiger partial charge on any atom is 0.165 e. The topological polar surface area (TPSA) is 21.3 Å². The molecule has 88 valence electrons. The van der Waals surface area contributed by atoms with Crippen molar-refractivity contribution < 1.29 is 9.13 Å². The second-order valence-electron chi connectivity index (χ2n) is 4.18. The molecule has 16 heavy (non-hydrogen) atoms. The average molecular weight is 223 g/mol. The highest BCUT2D eigenvalue weighted by Crippen LogP contribution is 2.26. The zero-order chi connectivity index (χ0) is 11.4. The van der Waals surface area contributed by atoms with E-state index < -0.39 is 0 Å². The van der Waals surface area contributed by atoms with E-state index in [0.717, 1.165) is 25.8 Å². The number of hydrogen-bond acceptors (Lipinski definition) is 2. The molecule has 2 rings (SSSR count). The van der Waals surface area contributed by atoms with Crippen LogP contribution < -0.4 is 10.1 Å². The van der Waals surface area contributed by atoms with Crippen molar-refractivity contribution in [3.63, 3.8) is 0 Å². The monoisotopic (exact) mass is 223 g/mol. The summed E-state index contributed by atoms with van der Waals surface area (Å²) in [5.74, 6) is 0.0990. The molecule has 0 radical (unpaired) electrons. The quantitative estimate of drug-likeness (QED) is 0.847. The first kappa shape index (κ1) is 11.4. The van der Waals surface area contributed by atoms with Crippen LogP contribution in [-0.4, -0.2) is 18.7 Å². The van der Waals surface area contributed by atoms with Crippen molar-refractivity contribution in [2.45, 2.75) is 38.3 Å². The van der Waals surface area contributed by atoms with Gasteiger partial charge in [0, 0.05) is 6.04 Å². The Morgan fingerprint density at radius 3 is 2.94 bits per heavy atom. The maximum absolute atomic E-state index is 13.4. The van der Waals surface area contributed by atoms with Crippen LogP contribution in [0.5, 0.6) is 5.75 Å². The molecule has 1 N–H and O–H groups in total. The number of likely N-dealkylation sites (N-methyl/N-ethyl adjacent to an activating group) is 1. The van der Waals surface area contributed by atoms with Gasteiger partial charge in [-0.15, -0.1) is 0 Å². The van der Waals surface area contributed by atoms with Gasteiger partial charge in [-0.25, -0.2) is 4.39 Å². The lowest BCUT2D eigenvalue weighted by atomic mass is 10.2. The Morgan fingerprint density at radius 2 is 2.19 bits per heavy atom. The van der Waals surface area contributed by atoms with Gasteiger partial charge in [-0.3, -0.25) is 0 Å². The largest absolute Gasteiger partial charge is 0.486 e. The van der Waals surface area contributed by atoms with Crippen molar-refractivity contribution in [1.29, 1.82) is 0 Å². The van der Waals surface area contributed by atoms with Crippen molar-refractivity contribution in [3.05, 3.63) is 30.1 Å². The molecular weight excluding hydrogens is 205 g/mol. The minimum Gasteiger partial charge on any atom is -0.486 e. The van der Waals surface area contributed by atoms with Crippen molar-refractivity contribution in [2.75, 3.05) is 6.54 Å². The molecule has 1 aromatic carbocycles. The summed E-state index contributed by atoms with van der Waals surface area (Å²) in [4.78, 5) is 0. The van der Waals surface area contributed by atoms with Crippen LogP contribution in [0.4, 0.5) is 4.39 Å². The highest BCUT2D eigenvalue weighted by atomic mass is 19.1. The van der Waals surface area contributed by atoms with Gasteiger partial charge in [-0.2, -0.15) is 0 Å². The van der Waals surface area contributed by atoms with Gasteiger partial charge < -0.3 is 10.1 Å². The van der Waals surface area contributed by atoms with Gasteiger partial charge in [0.1, 0.15) is 6.10 Å². The lowest BCUT2D eigenvalue weighted by Crippen LogP contribution is -2.38. The Balaban J connectivity index is 2.01. The van der Waals surface area contributed by atoms with Crippen molar-refractivity contribution >= 4 is 0 Å². The third kappa shape index (κ3) is 2.53. The van der Waals surface area contributed by atoms with E-state index in [0.29, 0.717) is 11.8 Å². The van der Waals surface area contributed by atoms with Gasteiger partial charge >= 0.3 is 0 Å². The highest BCUT2D eigenvalue weighted by Gasteiger charge is 2.28. The Hall–Kier alpha value is -1.09. The Morgan fingerprint density at radius 1 is 1.38 bits per heavy atom. The molecule has 0 aromatic heterocycles. The van der Waals surface area contributed by atoms with E-state index in [1.807, 2.05) is 0 Å². The Kier molecular flexibility index (Phi) is 3.78. The van der Waals surface area contributed by atoms with Crippen LogP contribution in [0.1, 0.15) is 26.2 Å². The second-order valence-corrected chi connectivity index (χ2v) is 4.18. The maximum atomic E-state index is 13.4. The van der Waals surface area contributed by atoms with Crippen LogP contribution in [0.2, 0.25) is 0 Å². The average Bonchev–Trinajstić information content (AvgIpc) is 2.70. The molecule has 0 heterocycles. The standard InChI is InChI=1S/C13H18FNO/c1-2-15-11-7-5-9-13(11)16-12-8-4-3-6-10(12)14/h3-4,6,8,11,13,15H,2,5,7,9H2,1H3. The first-order valence-electron chi connectivity index (χ1n) is 5.96. The lowest BCUT2D eigenvalue weighted by Gasteiger charge is -2.22. The molecule has 1 aliphatic carbocycles. The summed E-state index contributed by atoms with van der Waals surface area (Å²) >= 11 is 0. The SMILES string of the molecule is CCNC1CCCC1Oc1ccccc1F. The predicted octanol–water partition coefficient (Wildman–Crippen LogP) is 2.74. The summed E-state index contributed by atoms with van der Waals surface area (Å²) in [5.41, 5.74) is 0. The van der Waals surface area contributed by atoms with Crippen molar-refractivity contribution in [3.8, 4) is 5.75 Å². The summed E-state index contributed by atoms with van der Waals surface area (Å²) in [5, 5.41) is 3.39. The van der Waals surface area contributed by atoms with Gasteiger partial charge in [0.2, 0.25) is 0 Å². The molecule has 2 unspecified atom stereocenters. The van der Waals surface area contributed by atoms with Gasteiger partial charge in [0.25, 0.3) is 0 Å². The molecule has 1 aliphatic rings. The van der Waals surface area contributed by atoms with E-state index in [4.69, 9.17) is 4.74 Å². The summed E-state index contributed by atoms with van der Waals surface area (Å²) < 4.78 is 19.1. The fraction of sp³-hybridized carbons (Fsp3) is 0.538. The minimum absolute atomic E-state index is 0.108. The first-order chi connectivity index (χ1) is 7.81. The smallest absolute Gasteiger partial charge is 0.165 e. The van der Waals surface area contributed by atoms with Gasteiger partial charge in [-0.1, -0.05) is 19.1 Å². The molecular formula is C13H18FNO. The molecule has 0 spiro atoms. The van der Waals surface area contributed by atoms with Crippen LogP contribution in [-0.2, 0) is 0 Å². The van der Waals surface area contributed by atoms with Crippen LogP contribution in [0.15, 0.2) is 24.3 Å². The van der Waals surface area contributed by atoms with Gasteiger partial charge in [-0.05, 0) is 37.9 Å². The van der Waals surface area contributed by atoms with E-state index in [1.165, 1.54) is 6.07 Å². The third-order valence-electron chi connectivity index (χ3n) is 3.03. The van der Waals surface area contributed by atoms with Crippen molar-refractivity contribution in [2.24, 2.45) is 0 Å². The van der Waals surface area contributed by atoms with E-state index in [1.54, 1.807) is 18.2 Å². The normalized spacial score (nSPS) is 24.6. The molecule has 0 bridgehead atoms. The number of rotatable bonds is 4.